The lowest BCUT2D eigenvalue weighted by molar-refractivity contribution is -0.114. The molecule has 0 aliphatic carbocycles. The Kier molecular flexibility index (Phi) is 7.29. The van der Waals surface area contributed by atoms with Crippen LogP contribution in [0.1, 0.15) is 11.1 Å². The van der Waals surface area contributed by atoms with Crippen molar-refractivity contribution >= 4 is 89.7 Å². The van der Waals surface area contributed by atoms with E-state index in [1.807, 2.05) is 9.80 Å². The third kappa shape index (κ3) is 5.41. The number of thioether (sulfide) groups is 2. The predicted molar refractivity (Wildman–Crippen MR) is 151 cm³/mol. The molecule has 2 aromatic carbocycles. The highest BCUT2D eigenvalue weighted by molar-refractivity contribution is 9.10. The first-order valence-electron chi connectivity index (χ1n) is 10.8. The van der Waals surface area contributed by atoms with E-state index >= 15 is 0 Å². The number of aliphatic imine (C=N–C) groups is 2. The molecule has 0 atom stereocenters. The van der Waals surface area contributed by atoms with Crippen LogP contribution in [0.15, 0.2) is 65.1 Å². The lowest BCUT2D eigenvalue weighted by atomic mass is 10.2. The first kappa shape index (κ1) is 25.1. The smallest absolute Gasteiger partial charge is 0.286 e. The van der Waals surface area contributed by atoms with Gasteiger partial charge in [0.15, 0.2) is 10.3 Å². The zero-order valence-corrected chi connectivity index (χ0v) is 23.3. The molecule has 0 unspecified atom stereocenters. The van der Waals surface area contributed by atoms with Crippen LogP contribution in [-0.4, -0.2) is 68.3 Å². The van der Waals surface area contributed by atoms with Crippen LogP contribution in [0, 0.1) is 0 Å². The van der Waals surface area contributed by atoms with Gasteiger partial charge in [-0.3, -0.25) is 9.59 Å². The molecular formula is C24H18Br2N4O4S2. The Morgan fingerprint density at radius 2 is 1.11 bits per heavy atom. The Hall–Kier alpha value is -2.54. The van der Waals surface area contributed by atoms with E-state index in [1.165, 1.54) is 23.5 Å². The maximum Gasteiger partial charge on any atom is 0.286 e. The van der Waals surface area contributed by atoms with Gasteiger partial charge >= 0.3 is 0 Å². The molecule has 2 amide bonds. The van der Waals surface area contributed by atoms with Crippen molar-refractivity contribution in [1.29, 1.82) is 0 Å². The highest BCUT2D eigenvalue weighted by Crippen LogP contribution is 2.35. The summed E-state index contributed by atoms with van der Waals surface area (Å²) in [6.45, 7) is 2.48. The van der Waals surface area contributed by atoms with Gasteiger partial charge in [0.05, 0.1) is 9.81 Å². The molecule has 0 saturated carbocycles. The zero-order valence-electron chi connectivity index (χ0n) is 18.5. The van der Waals surface area contributed by atoms with Gasteiger partial charge in [-0.25, -0.2) is 0 Å². The average Bonchev–Trinajstić information content (AvgIpc) is 3.41. The van der Waals surface area contributed by atoms with E-state index in [1.54, 1.807) is 48.6 Å². The van der Waals surface area contributed by atoms with Crippen LogP contribution < -0.4 is 0 Å². The van der Waals surface area contributed by atoms with Gasteiger partial charge in [-0.15, -0.1) is 0 Å². The molecule has 0 bridgehead atoms. The van der Waals surface area contributed by atoms with Crippen molar-refractivity contribution in [2.24, 2.45) is 9.98 Å². The minimum absolute atomic E-state index is 0.0917. The van der Waals surface area contributed by atoms with Crippen LogP contribution in [0.2, 0.25) is 0 Å². The van der Waals surface area contributed by atoms with E-state index in [4.69, 9.17) is 0 Å². The van der Waals surface area contributed by atoms with Gasteiger partial charge in [-0.05, 0) is 72.1 Å². The Balaban J connectivity index is 1.21. The standard InChI is InChI=1S/C24H18Br2N4O4S2/c25-15-1-3-17(31)13(9-15)11-19-21(33)27-23(35-19)29-5-7-30(8-6-29)24-28-22(34)20(36-24)12-14-10-16(26)2-4-18(14)32/h1-4,9-12,31-32H,5-8H2. The largest absolute Gasteiger partial charge is 0.507 e. The minimum atomic E-state index is -0.330. The fraction of sp³-hybridized carbons (Fsp3) is 0.167. The van der Waals surface area contributed by atoms with Crippen molar-refractivity contribution in [3.63, 3.8) is 0 Å². The zero-order chi connectivity index (χ0) is 25.4. The van der Waals surface area contributed by atoms with Crippen molar-refractivity contribution in [3.05, 3.63) is 66.3 Å². The number of piperazine rings is 1. The van der Waals surface area contributed by atoms with Crippen LogP contribution in [-0.2, 0) is 9.59 Å². The van der Waals surface area contributed by atoms with E-state index in [0.29, 0.717) is 57.5 Å². The molecule has 1 saturated heterocycles. The number of phenolic OH excluding ortho intramolecular Hbond substituents is 2. The van der Waals surface area contributed by atoms with Gasteiger partial charge in [0.25, 0.3) is 11.8 Å². The molecule has 184 valence electrons. The van der Waals surface area contributed by atoms with Crippen LogP contribution in [0.25, 0.3) is 12.2 Å². The number of hydrogen-bond acceptors (Lipinski definition) is 8. The monoisotopic (exact) mass is 648 g/mol. The number of carbonyl (C=O) groups is 2. The number of halogens is 2. The summed E-state index contributed by atoms with van der Waals surface area (Å²) < 4.78 is 1.61. The number of aromatic hydroxyl groups is 2. The molecule has 1 fully saturated rings. The number of amides is 2. The van der Waals surface area contributed by atoms with Gasteiger partial charge in [0.1, 0.15) is 11.5 Å². The lowest BCUT2D eigenvalue weighted by Gasteiger charge is -2.35. The van der Waals surface area contributed by atoms with Gasteiger partial charge in [-0.2, -0.15) is 9.98 Å². The fourth-order valence-corrected chi connectivity index (χ4v) is 6.39. The van der Waals surface area contributed by atoms with Crippen LogP contribution in [0.3, 0.4) is 0 Å². The third-order valence-electron chi connectivity index (χ3n) is 5.59. The summed E-state index contributed by atoms with van der Waals surface area (Å²) in [5.41, 5.74) is 1.09. The highest BCUT2D eigenvalue weighted by Gasteiger charge is 2.32. The minimum Gasteiger partial charge on any atom is -0.507 e. The fourth-order valence-electron chi connectivity index (χ4n) is 3.72. The molecule has 0 spiro atoms. The van der Waals surface area contributed by atoms with Crippen molar-refractivity contribution < 1.29 is 19.8 Å². The van der Waals surface area contributed by atoms with E-state index in [-0.39, 0.29) is 23.3 Å². The Morgan fingerprint density at radius 1 is 0.722 bits per heavy atom. The van der Waals surface area contributed by atoms with Crippen LogP contribution >= 0.6 is 55.4 Å². The Bertz CT molecular complexity index is 1290. The van der Waals surface area contributed by atoms with E-state index in [9.17, 15) is 19.8 Å². The molecular weight excluding hydrogens is 632 g/mol. The topological polar surface area (TPSA) is 106 Å². The second-order valence-corrected chi connectivity index (χ2v) is 11.9. The normalized spacial score (nSPS) is 20.5. The summed E-state index contributed by atoms with van der Waals surface area (Å²) in [6, 6.07) is 10.1. The quantitative estimate of drug-likeness (QED) is 0.444. The van der Waals surface area contributed by atoms with Gasteiger partial charge < -0.3 is 20.0 Å². The molecule has 3 aliphatic rings. The predicted octanol–water partition coefficient (Wildman–Crippen LogP) is 4.88. The number of amidine groups is 2. The molecule has 3 aliphatic heterocycles. The van der Waals surface area contributed by atoms with Crippen LogP contribution in [0.4, 0.5) is 0 Å². The summed E-state index contributed by atoms with van der Waals surface area (Å²) in [6.07, 6.45) is 3.29. The van der Waals surface area contributed by atoms with Gasteiger partial charge in [-0.1, -0.05) is 31.9 Å². The number of benzene rings is 2. The second kappa shape index (κ2) is 10.4. The molecule has 0 radical (unpaired) electrons. The highest BCUT2D eigenvalue weighted by atomic mass is 79.9. The van der Waals surface area contributed by atoms with Crippen molar-refractivity contribution in [3.8, 4) is 11.5 Å². The van der Waals surface area contributed by atoms with E-state index in [2.05, 4.69) is 41.8 Å². The number of hydrogen-bond donors (Lipinski definition) is 2. The Labute approximate surface area is 232 Å². The number of phenols is 2. The van der Waals surface area contributed by atoms with Crippen LogP contribution in [0.5, 0.6) is 11.5 Å². The molecule has 36 heavy (non-hydrogen) atoms. The lowest BCUT2D eigenvalue weighted by Crippen LogP contribution is -2.49. The summed E-state index contributed by atoms with van der Waals surface area (Å²) in [5.74, 6) is -0.476. The number of carbonyl (C=O) groups excluding carboxylic acids is 2. The van der Waals surface area contributed by atoms with E-state index in [0.717, 1.165) is 8.95 Å². The second-order valence-electron chi connectivity index (χ2n) is 8.00. The van der Waals surface area contributed by atoms with Crippen molar-refractivity contribution in [2.75, 3.05) is 26.2 Å². The van der Waals surface area contributed by atoms with Gasteiger partial charge in [0, 0.05) is 46.3 Å². The maximum atomic E-state index is 12.5. The van der Waals surface area contributed by atoms with E-state index < -0.39 is 0 Å². The molecule has 8 nitrogen and oxygen atoms in total. The third-order valence-corrected chi connectivity index (χ3v) is 8.67. The molecule has 2 N–H and O–H groups in total. The number of nitrogens with zero attached hydrogens (tertiary/aromatic N) is 4. The SMILES string of the molecule is O=C1N=C(N2CCN(C3=NC(=O)C(=Cc4cc(Br)ccc4O)S3)CC2)SC1=Cc1cc(Br)ccc1O. The number of rotatable bonds is 2. The molecule has 3 heterocycles. The molecule has 12 heteroatoms. The van der Waals surface area contributed by atoms with Crippen molar-refractivity contribution in [2.45, 2.75) is 0 Å². The first-order valence-corrected chi connectivity index (χ1v) is 14.0. The molecule has 5 rings (SSSR count). The maximum absolute atomic E-state index is 12.5. The van der Waals surface area contributed by atoms with Gasteiger partial charge in [0.2, 0.25) is 0 Å². The average molecular weight is 650 g/mol. The Morgan fingerprint density at radius 3 is 1.50 bits per heavy atom. The molecule has 0 aromatic heterocycles. The van der Waals surface area contributed by atoms with Crippen molar-refractivity contribution in [1.82, 2.24) is 9.80 Å². The summed E-state index contributed by atoms with van der Waals surface area (Å²) in [7, 11) is 0. The first-order chi connectivity index (χ1) is 17.3. The summed E-state index contributed by atoms with van der Waals surface area (Å²) in [4.78, 5) is 38.4. The molecule has 2 aromatic rings. The summed E-state index contributed by atoms with van der Waals surface area (Å²) in [5, 5.41) is 21.4. The summed E-state index contributed by atoms with van der Waals surface area (Å²) >= 11 is 9.33.